The van der Waals surface area contributed by atoms with Gasteiger partial charge in [0.2, 0.25) is 11.8 Å². The summed E-state index contributed by atoms with van der Waals surface area (Å²) in [6, 6.07) is -0.0962. The maximum absolute atomic E-state index is 12.8. The number of likely N-dealkylation sites (N-methyl/N-ethyl adjacent to an activating group) is 2. The fourth-order valence-corrected chi connectivity index (χ4v) is 6.45. The Balaban J connectivity index is 1.80. The van der Waals surface area contributed by atoms with E-state index in [1.165, 1.54) is 32.1 Å². The number of hydrogen-bond donors (Lipinski definition) is 1. The second-order valence-electron chi connectivity index (χ2n) is 12.6. The molecule has 2 aliphatic rings. The van der Waals surface area contributed by atoms with Crippen LogP contribution < -0.4 is 5.32 Å². The topological polar surface area (TPSA) is 73.0 Å². The number of hydrogen-bond acceptors (Lipinski definition) is 3. The van der Waals surface area contributed by atoms with Gasteiger partial charge in [0, 0.05) is 60.2 Å². The second kappa shape index (κ2) is 13.0. The lowest BCUT2D eigenvalue weighted by atomic mass is 9.60. The maximum atomic E-state index is 12.8. The highest BCUT2D eigenvalue weighted by Gasteiger charge is 2.42. The number of rotatable bonds is 10. The Hall–Kier alpha value is -1.79. The third-order valence-electron chi connectivity index (χ3n) is 8.29. The quantitative estimate of drug-likeness (QED) is 0.478. The molecule has 0 aromatic rings. The molecule has 0 saturated heterocycles. The molecule has 0 radical (unpaired) electrons. The van der Waals surface area contributed by atoms with E-state index in [2.05, 4.69) is 26.1 Å². The summed E-state index contributed by atoms with van der Waals surface area (Å²) in [6.45, 7) is 11.2. The number of amides is 4. The molecule has 0 aromatic carbocycles. The summed E-state index contributed by atoms with van der Waals surface area (Å²) < 4.78 is 0. The van der Waals surface area contributed by atoms with Crippen molar-refractivity contribution in [2.75, 3.05) is 47.3 Å². The lowest BCUT2D eigenvalue weighted by molar-refractivity contribution is -0.132. The van der Waals surface area contributed by atoms with E-state index in [0.717, 1.165) is 25.8 Å². The average Bonchev–Trinajstić information content (AvgIpc) is 2.79. The van der Waals surface area contributed by atoms with Crippen LogP contribution in [-0.4, -0.2) is 79.9 Å². The van der Waals surface area contributed by atoms with Gasteiger partial charge in [-0.15, -0.1) is 0 Å². The fourth-order valence-electron chi connectivity index (χ4n) is 6.45. The standard InChI is InChI=1S/C28H52N4O3/c1-8-30(5)24(33)17-23-18-27(2,3)20-28(4,19-23)21-29-26(35)32(7)15-14-31(6)25(34)16-22-12-10-9-11-13-22/h22-23H,8-21H2,1-7H3,(H,29,35). The van der Waals surface area contributed by atoms with Crippen LogP contribution in [0.5, 0.6) is 0 Å². The lowest BCUT2D eigenvalue weighted by Crippen LogP contribution is -2.48. The Bertz CT molecular complexity index is 719. The monoisotopic (exact) mass is 492 g/mol. The van der Waals surface area contributed by atoms with Gasteiger partial charge in [0.1, 0.15) is 0 Å². The van der Waals surface area contributed by atoms with E-state index >= 15 is 0 Å². The first-order valence-corrected chi connectivity index (χ1v) is 13.8. The van der Waals surface area contributed by atoms with Gasteiger partial charge in [-0.3, -0.25) is 9.59 Å². The van der Waals surface area contributed by atoms with Gasteiger partial charge >= 0.3 is 6.03 Å². The van der Waals surface area contributed by atoms with Crippen LogP contribution in [0.15, 0.2) is 0 Å². The zero-order valence-electron chi connectivity index (χ0n) is 23.6. The summed E-state index contributed by atoms with van der Waals surface area (Å²) in [5.74, 6) is 1.27. The van der Waals surface area contributed by atoms with E-state index in [0.29, 0.717) is 44.3 Å². The molecule has 7 heteroatoms. The van der Waals surface area contributed by atoms with Crippen LogP contribution in [0.3, 0.4) is 0 Å². The van der Waals surface area contributed by atoms with Gasteiger partial charge in [-0.25, -0.2) is 4.79 Å². The van der Waals surface area contributed by atoms with Gasteiger partial charge in [-0.05, 0) is 61.7 Å². The van der Waals surface area contributed by atoms with Crippen LogP contribution in [0.1, 0.15) is 91.9 Å². The summed E-state index contributed by atoms with van der Waals surface area (Å²) in [6.07, 6.45) is 10.4. The minimum absolute atomic E-state index is 0.0409. The van der Waals surface area contributed by atoms with Crippen LogP contribution >= 0.6 is 0 Å². The molecule has 4 amide bonds. The lowest BCUT2D eigenvalue weighted by Gasteiger charge is -2.47. The highest BCUT2D eigenvalue weighted by atomic mass is 16.2. The van der Waals surface area contributed by atoms with Crippen LogP contribution in [0, 0.1) is 22.7 Å². The van der Waals surface area contributed by atoms with Crippen LogP contribution in [0.25, 0.3) is 0 Å². The molecule has 2 rings (SSSR count). The molecule has 35 heavy (non-hydrogen) atoms. The molecular weight excluding hydrogens is 440 g/mol. The Morgan fingerprint density at radius 3 is 2.00 bits per heavy atom. The number of nitrogens with one attached hydrogen (secondary N) is 1. The molecule has 7 nitrogen and oxygen atoms in total. The average molecular weight is 493 g/mol. The van der Waals surface area contributed by atoms with Crippen molar-refractivity contribution >= 4 is 17.8 Å². The van der Waals surface area contributed by atoms with Crippen LogP contribution in [-0.2, 0) is 9.59 Å². The van der Waals surface area contributed by atoms with Gasteiger partial charge in [-0.1, -0.05) is 40.0 Å². The number of urea groups is 1. The fraction of sp³-hybridized carbons (Fsp3) is 0.893. The molecule has 2 fully saturated rings. The zero-order valence-corrected chi connectivity index (χ0v) is 23.6. The van der Waals surface area contributed by atoms with E-state index in [9.17, 15) is 14.4 Å². The highest BCUT2D eigenvalue weighted by molar-refractivity contribution is 5.77. The zero-order chi connectivity index (χ0) is 26.2. The van der Waals surface area contributed by atoms with Crippen LogP contribution in [0.2, 0.25) is 0 Å². The Labute approximate surface area is 214 Å². The van der Waals surface area contributed by atoms with Crippen molar-refractivity contribution in [1.82, 2.24) is 20.0 Å². The maximum Gasteiger partial charge on any atom is 0.317 e. The molecule has 2 aliphatic carbocycles. The first kappa shape index (κ1) is 29.4. The predicted octanol–water partition coefficient (Wildman–Crippen LogP) is 4.76. The van der Waals surface area contributed by atoms with E-state index in [-0.39, 0.29) is 28.7 Å². The van der Waals surface area contributed by atoms with Crippen LogP contribution in [0.4, 0.5) is 4.79 Å². The normalized spacial score (nSPS) is 24.5. The first-order valence-electron chi connectivity index (χ1n) is 13.8. The van der Waals surface area contributed by atoms with Crippen molar-refractivity contribution in [3.8, 4) is 0 Å². The van der Waals surface area contributed by atoms with Gasteiger partial charge in [0.15, 0.2) is 0 Å². The molecule has 2 atom stereocenters. The summed E-state index contributed by atoms with van der Waals surface area (Å²) >= 11 is 0. The van der Waals surface area contributed by atoms with E-state index in [1.54, 1.807) is 21.7 Å². The first-order chi connectivity index (χ1) is 16.3. The molecule has 2 saturated carbocycles. The van der Waals surface area contributed by atoms with Crippen molar-refractivity contribution in [1.29, 1.82) is 0 Å². The number of carbonyl (C=O) groups excluding carboxylic acids is 3. The third kappa shape index (κ3) is 9.64. The predicted molar refractivity (Wildman–Crippen MR) is 142 cm³/mol. The van der Waals surface area contributed by atoms with Gasteiger partial charge in [-0.2, -0.15) is 0 Å². The number of carbonyl (C=O) groups is 3. The Morgan fingerprint density at radius 2 is 1.37 bits per heavy atom. The molecule has 202 valence electrons. The van der Waals surface area contributed by atoms with Crippen molar-refractivity contribution in [3.63, 3.8) is 0 Å². The molecule has 0 spiro atoms. The molecule has 0 aromatic heterocycles. The Morgan fingerprint density at radius 1 is 0.800 bits per heavy atom. The van der Waals surface area contributed by atoms with Crippen molar-refractivity contribution in [2.24, 2.45) is 22.7 Å². The van der Waals surface area contributed by atoms with E-state index in [4.69, 9.17) is 0 Å². The van der Waals surface area contributed by atoms with Gasteiger partial charge in [0.05, 0.1) is 0 Å². The van der Waals surface area contributed by atoms with E-state index < -0.39 is 0 Å². The molecule has 1 N–H and O–H groups in total. The van der Waals surface area contributed by atoms with Gasteiger partial charge < -0.3 is 20.0 Å². The van der Waals surface area contributed by atoms with Crippen molar-refractivity contribution in [2.45, 2.75) is 91.9 Å². The molecule has 0 heterocycles. The summed E-state index contributed by atoms with van der Waals surface area (Å²) in [5, 5.41) is 3.15. The minimum Gasteiger partial charge on any atom is -0.346 e. The summed E-state index contributed by atoms with van der Waals surface area (Å²) in [5.41, 5.74) is 0.0987. The molecule has 2 unspecified atom stereocenters. The van der Waals surface area contributed by atoms with Gasteiger partial charge in [0.25, 0.3) is 0 Å². The molecule has 0 bridgehead atoms. The SMILES string of the molecule is CCN(C)C(=O)CC1CC(C)(C)CC(C)(CNC(=O)N(C)CCN(C)C(=O)CC2CCCCC2)C1. The second-order valence-corrected chi connectivity index (χ2v) is 12.6. The van der Waals surface area contributed by atoms with Crippen molar-refractivity contribution in [3.05, 3.63) is 0 Å². The number of nitrogens with zero attached hydrogens (tertiary/aromatic N) is 3. The Kier molecular flexibility index (Phi) is 10.9. The molecule has 0 aliphatic heterocycles. The minimum atomic E-state index is -0.0962. The largest absolute Gasteiger partial charge is 0.346 e. The highest BCUT2D eigenvalue weighted by Crippen LogP contribution is 2.49. The summed E-state index contributed by atoms with van der Waals surface area (Å²) in [7, 11) is 5.51. The smallest absolute Gasteiger partial charge is 0.317 e. The third-order valence-corrected chi connectivity index (χ3v) is 8.29. The summed E-state index contributed by atoms with van der Waals surface area (Å²) in [4.78, 5) is 43.2. The van der Waals surface area contributed by atoms with E-state index in [1.807, 2.05) is 21.0 Å². The molecular formula is C28H52N4O3. The van der Waals surface area contributed by atoms with Crippen molar-refractivity contribution < 1.29 is 14.4 Å².